The van der Waals surface area contributed by atoms with Gasteiger partial charge in [-0.15, -0.1) is 0 Å². The molecule has 25 heavy (non-hydrogen) atoms. The fourth-order valence-electron chi connectivity index (χ4n) is 1.88. The van der Waals surface area contributed by atoms with Crippen LogP contribution in [-0.2, 0) is 16.0 Å². The number of anilines is 1. The smallest absolute Gasteiger partial charge is 0.405 e. The Labute approximate surface area is 141 Å². The molecule has 2 amide bonds. The highest BCUT2D eigenvalue weighted by Gasteiger charge is 2.27. The van der Waals surface area contributed by atoms with E-state index in [1.165, 1.54) is 18.4 Å². The minimum Gasteiger partial charge on any atom is -0.465 e. The molecule has 132 valence electrons. The highest BCUT2D eigenvalue weighted by Crippen LogP contribution is 2.13. The molecule has 1 aromatic carbocycles. The maximum Gasteiger partial charge on any atom is 0.405 e. The molecule has 0 aliphatic carbocycles. The summed E-state index contributed by atoms with van der Waals surface area (Å²) in [6, 6.07) is 9.62. The molecular formula is C17H15F3N2O3. The van der Waals surface area contributed by atoms with E-state index in [0.717, 1.165) is 0 Å². The van der Waals surface area contributed by atoms with Crippen molar-refractivity contribution in [2.24, 2.45) is 0 Å². The van der Waals surface area contributed by atoms with Gasteiger partial charge in [0, 0.05) is 11.8 Å². The Kier molecular flexibility index (Phi) is 5.99. The number of rotatable bonds is 6. The number of carbonyl (C=O) groups excluding carboxylic acids is 2. The number of hydrogen-bond donors (Lipinski definition) is 2. The van der Waals surface area contributed by atoms with Gasteiger partial charge in [0.2, 0.25) is 11.8 Å². The molecule has 0 aliphatic heterocycles. The lowest BCUT2D eigenvalue weighted by atomic mass is 10.1. The van der Waals surface area contributed by atoms with E-state index in [1.807, 2.05) is 0 Å². The zero-order valence-electron chi connectivity index (χ0n) is 13.0. The molecule has 0 spiro atoms. The van der Waals surface area contributed by atoms with Gasteiger partial charge in [-0.3, -0.25) is 9.59 Å². The van der Waals surface area contributed by atoms with Crippen LogP contribution in [0.4, 0.5) is 18.9 Å². The third-order valence-corrected chi connectivity index (χ3v) is 3.01. The van der Waals surface area contributed by atoms with Crippen molar-refractivity contribution in [3.8, 4) is 0 Å². The van der Waals surface area contributed by atoms with Crippen LogP contribution in [0.25, 0.3) is 6.08 Å². The number of hydrogen-bond acceptors (Lipinski definition) is 3. The maximum atomic E-state index is 12.0. The summed E-state index contributed by atoms with van der Waals surface area (Å²) in [6.07, 6.45) is -0.317. The normalized spacial score (nSPS) is 11.5. The average Bonchev–Trinajstić information content (AvgIpc) is 3.06. The summed E-state index contributed by atoms with van der Waals surface area (Å²) in [7, 11) is 0. The van der Waals surface area contributed by atoms with Gasteiger partial charge in [-0.05, 0) is 35.9 Å². The van der Waals surface area contributed by atoms with Crippen LogP contribution < -0.4 is 10.6 Å². The monoisotopic (exact) mass is 352 g/mol. The van der Waals surface area contributed by atoms with Crippen LogP contribution in [0.1, 0.15) is 11.3 Å². The van der Waals surface area contributed by atoms with Crippen molar-refractivity contribution in [1.29, 1.82) is 0 Å². The molecule has 0 radical (unpaired) electrons. The van der Waals surface area contributed by atoms with E-state index in [1.54, 1.807) is 41.7 Å². The van der Waals surface area contributed by atoms with E-state index >= 15 is 0 Å². The molecule has 2 rings (SSSR count). The number of halogens is 3. The van der Waals surface area contributed by atoms with E-state index in [0.29, 0.717) is 17.0 Å². The van der Waals surface area contributed by atoms with E-state index < -0.39 is 18.6 Å². The van der Waals surface area contributed by atoms with Gasteiger partial charge in [0.1, 0.15) is 12.3 Å². The summed E-state index contributed by atoms with van der Waals surface area (Å²) in [5.74, 6) is -0.557. The summed E-state index contributed by atoms with van der Waals surface area (Å²) >= 11 is 0. The fourth-order valence-corrected chi connectivity index (χ4v) is 1.88. The van der Waals surface area contributed by atoms with Crippen molar-refractivity contribution in [3.63, 3.8) is 0 Å². The Bertz CT molecular complexity index is 735. The van der Waals surface area contributed by atoms with Gasteiger partial charge in [-0.1, -0.05) is 12.1 Å². The predicted molar refractivity (Wildman–Crippen MR) is 85.6 cm³/mol. The standard InChI is InChI=1S/C17H15F3N2O3/c18-17(19,20)11-21-16(24)10-12-3-5-13(6-4-12)22-15(23)8-7-14-2-1-9-25-14/h1-9H,10-11H2,(H,21,24)(H,22,23)/b8-7+. The molecule has 1 heterocycles. The van der Waals surface area contributed by atoms with E-state index in [2.05, 4.69) is 5.32 Å². The molecule has 0 atom stereocenters. The molecular weight excluding hydrogens is 337 g/mol. The maximum absolute atomic E-state index is 12.0. The van der Waals surface area contributed by atoms with Crippen LogP contribution in [0.15, 0.2) is 53.2 Å². The number of benzene rings is 1. The first kappa shape index (κ1) is 18.3. The van der Waals surface area contributed by atoms with Crippen molar-refractivity contribution in [2.75, 3.05) is 11.9 Å². The van der Waals surface area contributed by atoms with Crippen LogP contribution in [0.5, 0.6) is 0 Å². The molecule has 5 nitrogen and oxygen atoms in total. The van der Waals surface area contributed by atoms with E-state index in [4.69, 9.17) is 4.42 Å². The van der Waals surface area contributed by atoms with Crippen LogP contribution >= 0.6 is 0 Å². The van der Waals surface area contributed by atoms with Crippen molar-refractivity contribution in [2.45, 2.75) is 12.6 Å². The summed E-state index contributed by atoms with van der Waals surface area (Å²) in [5, 5.41) is 4.41. The first-order valence-corrected chi connectivity index (χ1v) is 7.27. The van der Waals surface area contributed by atoms with Crippen molar-refractivity contribution in [3.05, 3.63) is 60.1 Å². The number of amides is 2. The lowest BCUT2D eigenvalue weighted by molar-refractivity contribution is -0.138. The predicted octanol–water partition coefficient (Wildman–Crippen LogP) is 3.15. The van der Waals surface area contributed by atoms with Crippen molar-refractivity contribution >= 4 is 23.6 Å². The Morgan fingerprint density at radius 2 is 1.84 bits per heavy atom. The molecule has 0 saturated carbocycles. The first-order chi connectivity index (χ1) is 11.8. The quantitative estimate of drug-likeness (QED) is 0.785. The molecule has 1 aromatic heterocycles. The molecule has 0 aliphatic rings. The summed E-state index contributed by atoms with van der Waals surface area (Å²) in [6.45, 7) is -1.36. The molecule has 0 fully saturated rings. The zero-order valence-corrected chi connectivity index (χ0v) is 13.0. The van der Waals surface area contributed by atoms with Gasteiger partial charge in [0.05, 0.1) is 12.7 Å². The van der Waals surface area contributed by atoms with Crippen LogP contribution in [-0.4, -0.2) is 24.5 Å². The summed E-state index contributed by atoms with van der Waals surface area (Å²) < 4.78 is 41.1. The number of nitrogens with one attached hydrogen (secondary N) is 2. The Hall–Kier alpha value is -3.03. The van der Waals surface area contributed by atoms with Gasteiger partial charge in [-0.2, -0.15) is 13.2 Å². The first-order valence-electron chi connectivity index (χ1n) is 7.27. The topological polar surface area (TPSA) is 71.3 Å². The third-order valence-electron chi connectivity index (χ3n) is 3.01. The minimum absolute atomic E-state index is 0.178. The largest absolute Gasteiger partial charge is 0.465 e. The molecule has 8 heteroatoms. The van der Waals surface area contributed by atoms with Crippen LogP contribution in [0.3, 0.4) is 0 Å². The minimum atomic E-state index is -4.44. The van der Waals surface area contributed by atoms with Crippen molar-refractivity contribution < 1.29 is 27.2 Å². The lowest BCUT2D eigenvalue weighted by Crippen LogP contribution is -2.34. The zero-order chi connectivity index (χ0) is 18.3. The number of alkyl halides is 3. The molecule has 0 unspecified atom stereocenters. The Morgan fingerprint density at radius 1 is 1.12 bits per heavy atom. The Morgan fingerprint density at radius 3 is 2.44 bits per heavy atom. The van der Waals surface area contributed by atoms with E-state index in [-0.39, 0.29) is 12.3 Å². The second-order valence-corrected chi connectivity index (χ2v) is 5.10. The van der Waals surface area contributed by atoms with Gasteiger partial charge in [0.25, 0.3) is 0 Å². The van der Waals surface area contributed by atoms with E-state index in [9.17, 15) is 22.8 Å². The SMILES string of the molecule is O=C(/C=C/c1ccco1)Nc1ccc(CC(=O)NCC(F)(F)F)cc1. The van der Waals surface area contributed by atoms with Gasteiger partial charge in [-0.25, -0.2) is 0 Å². The number of furan rings is 1. The van der Waals surface area contributed by atoms with Gasteiger partial charge < -0.3 is 15.1 Å². The highest BCUT2D eigenvalue weighted by atomic mass is 19.4. The fraction of sp³-hybridized carbons (Fsp3) is 0.176. The molecule has 0 bridgehead atoms. The second kappa shape index (κ2) is 8.18. The number of carbonyl (C=O) groups is 2. The highest BCUT2D eigenvalue weighted by molar-refractivity contribution is 6.01. The molecule has 2 N–H and O–H groups in total. The van der Waals surface area contributed by atoms with Crippen LogP contribution in [0.2, 0.25) is 0 Å². The molecule has 0 saturated heterocycles. The second-order valence-electron chi connectivity index (χ2n) is 5.10. The Balaban J connectivity index is 1.83. The van der Waals surface area contributed by atoms with Crippen molar-refractivity contribution in [1.82, 2.24) is 5.32 Å². The lowest BCUT2D eigenvalue weighted by Gasteiger charge is -2.08. The summed E-state index contributed by atoms with van der Waals surface area (Å²) in [5.41, 5.74) is 1.03. The van der Waals surface area contributed by atoms with Gasteiger partial charge in [0.15, 0.2) is 0 Å². The molecule has 2 aromatic rings. The average molecular weight is 352 g/mol. The summed E-state index contributed by atoms with van der Waals surface area (Å²) in [4.78, 5) is 23.2. The van der Waals surface area contributed by atoms with Gasteiger partial charge >= 0.3 is 6.18 Å². The third kappa shape index (κ3) is 6.94. The van der Waals surface area contributed by atoms with Crippen LogP contribution in [0, 0.1) is 0 Å².